The first-order valence-corrected chi connectivity index (χ1v) is 11.5. The van der Waals surface area contributed by atoms with Gasteiger partial charge in [-0.3, -0.25) is 9.67 Å². The Hall–Kier alpha value is -2.09. The van der Waals surface area contributed by atoms with Crippen molar-refractivity contribution in [1.82, 2.24) is 20.0 Å². The first-order chi connectivity index (χ1) is 15.1. The number of hydrogen-bond donors (Lipinski definition) is 1. The molecule has 2 aromatic rings. The lowest BCUT2D eigenvalue weighted by Crippen LogP contribution is -2.49. The normalized spacial score (nSPS) is 21.8. The van der Waals surface area contributed by atoms with Gasteiger partial charge in [0.2, 0.25) is 0 Å². The Kier molecular flexibility index (Phi) is 7.15. The molecule has 0 spiro atoms. The van der Waals surface area contributed by atoms with Gasteiger partial charge in [-0.2, -0.15) is 5.10 Å². The van der Waals surface area contributed by atoms with Crippen LogP contribution in [-0.2, 0) is 21.9 Å². The van der Waals surface area contributed by atoms with E-state index in [1.165, 1.54) is 5.56 Å². The molecule has 3 heterocycles. The molecule has 1 aromatic carbocycles. The molecule has 2 aliphatic heterocycles. The Balaban J connectivity index is 1.56. The SMILES string of the molecule is CCNC(=NCC1(c2ccccc2Cl)CCOCC1)N1CCOC(c2cnn(C)c2)C1. The Bertz CT molecular complexity index is 894. The fraction of sp³-hybridized carbons (Fsp3) is 0.565. The molecule has 2 saturated heterocycles. The van der Waals surface area contributed by atoms with Crippen LogP contribution in [-0.4, -0.2) is 66.6 Å². The molecular formula is C23H32ClN5O2. The second-order valence-electron chi connectivity index (χ2n) is 8.30. The van der Waals surface area contributed by atoms with Crippen molar-refractivity contribution in [3.05, 3.63) is 52.8 Å². The third-order valence-corrected chi connectivity index (χ3v) is 6.55. The highest BCUT2D eigenvalue weighted by molar-refractivity contribution is 6.31. The predicted molar refractivity (Wildman–Crippen MR) is 123 cm³/mol. The average Bonchev–Trinajstić information content (AvgIpc) is 3.24. The first kappa shape index (κ1) is 22.1. The molecular weight excluding hydrogens is 414 g/mol. The lowest BCUT2D eigenvalue weighted by Gasteiger charge is -2.38. The number of guanidine groups is 1. The number of nitrogens with zero attached hydrogens (tertiary/aromatic N) is 4. The van der Waals surface area contributed by atoms with E-state index >= 15 is 0 Å². The van der Waals surface area contributed by atoms with E-state index < -0.39 is 0 Å². The minimum atomic E-state index is -0.105. The molecule has 31 heavy (non-hydrogen) atoms. The summed E-state index contributed by atoms with van der Waals surface area (Å²) >= 11 is 6.62. The van der Waals surface area contributed by atoms with E-state index in [-0.39, 0.29) is 11.5 Å². The van der Waals surface area contributed by atoms with Gasteiger partial charge < -0.3 is 19.7 Å². The number of aryl methyl sites for hydroxylation is 1. The van der Waals surface area contributed by atoms with Crippen molar-refractivity contribution in [3.8, 4) is 0 Å². The zero-order chi connectivity index (χ0) is 21.7. The fourth-order valence-electron chi connectivity index (χ4n) is 4.47. The highest BCUT2D eigenvalue weighted by Gasteiger charge is 2.36. The Morgan fingerprint density at radius 1 is 1.29 bits per heavy atom. The topological polar surface area (TPSA) is 63.9 Å². The van der Waals surface area contributed by atoms with Gasteiger partial charge in [-0.25, -0.2) is 0 Å². The summed E-state index contributed by atoms with van der Waals surface area (Å²) in [5, 5.41) is 8.59. The van der Waals surface area contributed by atoms with Crippen LogP contribution in [0.25, 0.3) is 0 Å². The minimum Gasteiger partial charge on any atom is -0.381 e. The molecule has 168 valence electrons. The number of benzene rings is 1. The number of aromatic nitrogens is 2. The van der Waals surface area contributed by atoms with Crippen molar-refractivity contribution in [3.63, 3.8) is 0 Å². The van der Waals surface area contributed by atoms with E-state index in [9.17, 15) is 0 Å². The van der Waals surface area contributed by atoms with Gasteiger partial charge in [-0.05, 0) is 31.4 Å². The van der Waals surface area contributed by atoms with Crippen molar-refractivity contribution in [2.75, 3.05) is 46.0 Å². The van der Waals surface area contributed by atoms with Gasteiger partial charge in [-0.15, -0.1) is 0 Å². The molecule has 0 saturated carbocycles. The lowest BCUT2D eigenvalue weighted by atomic mass is 9.74. The molecule has 7 nitrogen and oxygen atoms in total. The number of rotatable bonds is 5. The van der Waals surface area contributed by atoms with Crippen LogP contribution in [0.4, 0.5) is 0 Å². The first-order valence-electron chi connectivity index (χ1n) is 11.1. The van der Waals surface area contributed by atoms with Gasteiger partial charge in [0.15, 0.2) is 5.96 Å². The molecule has 0 bridgehead atoms. The summed E-state index contributed by atoms with van der Waals surface area (Å²) in [6, 6.07) is 8.17. The van der Waals surface area contributed by atoms with E-state index in [4.69, 9.17) is 26.1 Å². The summed E-state index contributed by atoms with van der Waals surface area (Å²) in [6.07, 6.45) is 5.73. The van der Waals surface area contributed by atoms with Crippen LogP contribution in [0.3, 0.4) is 0 Å². The van der Waals surface area contributed by atoms with Crippen molar-refractivity contribution >= 4 is 17.6 Å². The summed E-state index contributed by atoms with van der Waals surface area (Å²) in [6.45, 7) is 7.29. The number of morpholine rings is 1. The van der Waals surface area contributed by atoms with Crippen molar-refractivity contribution in [2.45, 2.75) is 31.3 Å². The van der Waals surface area contributed by atoms with Crippen LogP contribution in [0.5, 0.6) is 0 Å². The van der Waals surface area contributed by atoms with Crippen LogP contribution >= 0.6 is 11.6 Å². The maximum atomic E-state index is 6.62. The number of halogens is 1. The van der Waals surface area contributed by atoms with Gasteiger partial charge in [-0.1, -0.05) is 29.8 Å². The van der Waals surface area contributed by atoms with E-state index in [2.05, 4.69) is 34.4 Å². The van der Waals surface area contributed by atoms with Gasteiger partial charge in [0.05, 0.1) is 25.9 Å². The number of ether oxygens (including phenoxy) is 2. The van der Waals surface area contributed by atoms with E-state index in [1.807, 2.05) is 36.3 Å². The van der Waals surface area contributed by atoms with Crippen LogP contribution in [0.1, 0.15) is 37.0 Å². The number of nitrogens with one attached hydrogen (secondary N) is 1. The quantitative estimate of drug-likeness (QED) is 0.565. The third kappa shape index (κ3) is 5.05. The lowest BCUT2D eigenvalue weighted by molar-refractivity contribution is -0.00816. The molecule has 2 fully saturated rings. The fourth-order valence-corrected chi connectivity index (χ4v) is 4.80. The maximum absolute atomic E-state index is 6.62. The second kappa shape index (κ2) is 10.0. The smallest absolute Gasteiger partial charge is 0.194 e. The molecule has 0 radical (unpaired) electrons. The molecule has 8 heteroatoms. The molecule has 1 aromatic heterocycles. The maximum Gasteiger partial charge on any atom is 0.194 e. The van der Waals surface area contributed by atoms with Gasteiger partial charge >= 0.3 is 0 Å². The number of aliphatic imine (C=N–C) groups is 1. The third-order valence-electron chi connectivity index (χ3n) is 6.22. The molecule has 2 aliphatic rings. The van der Waals surface area contributed by atoms with Crippen molar-refractivity contribution in [2.24, 2.45) is 12.0 Å². The zero-order valence-electron chi connectivity index (χ0n) is 18.4. The summed E-state index contributed by atoms with van der Waals surface area (Å²) in [7, 11) is 1.93. The highest BCUT2D eigenvalue weighted by Crippen LogP contribution is 2.39. The van der Waals surface area contributed by atoms with Crippen LogP contribution in [0.2, 0.25) is 5.02 Å². The Morgan fingerprint density at radius 3 is 2.81 bits per heavy atom. The standard InChI is InChI=1S/C23H32ClN5O2/c1-3-25-22(29-10-13-31-21(16-29)18-14-27-28(2)15-18)26-17-23(8-11-30-12-9-23)19-6-4-5-7-20(19)24/h4-7,14-15,21H,3,8-13,16-17H2,1-2H3,(H,25,26). The Labute approximate surface area is 189 Å². The van der Waals surface area contributed by atoms with E-state index in [0.717, 1.165) is 62.2 Å². The predicted octanol–water partition coefficient (Wildman–Crippen LogP) is 3.16. The Morgan fingerprint density at radius 2 is 2.10 bits per heavy atom. The average molecular weight is 446 g/mol. The van der Waals surface area contributed by atoms with Crippen molar-refractivity contribution in [1.29, 1.82) is 0 Å². The molecule has 1 unspecified atom stereocenters. The molecule has 0 amide bonds. The van der Waals surface area contributed by atoms with E-state index in [1.54, 1.807) is 0 Å². The largest absolute Gasteiger partial charge is 0.381 e. The molecule has 0 aliphatic carbocycles. The van der Waals surface area contributed by atoms with Gasteiger partial charge in [0.1, 0.15) is 6.10 Å². The molecule has 4 rings (SSSR count). The number of hydrogen-bond acceptors (Lipinski definition) is 4. The summed E-state index contributed by atoms with van der Waals surface area (Å²) < 4.78 is 13.5. The monoisotopic (exact) mass is 445 g/mol. The van der Waals surface area contributed by atoms with Gasteiger partial charge in [0.25, 0.3) is 0 Å². The van der Waals surface area contributed by atoms with E-state index in [0.29, 0.717) is 13.2 Å². The van der Waals surface area contributed by atoms with Crippen LogP contribution in [0.15, 0.2) is 41.7 Å². The van der Waals surface area contributed by atoms with Crippen LogP contribution < -0.4 is 5.32 Å². The van der Waals surface area contributed by atoms with Gasteiger partial charge in [0, 0.05) is 55.5 Å². The highest BCUT2D eigenvalue weighted by atomic mass is 35.5. The second-order valence-corrected chi connectivity index (χ2v) is 8.70. The summed E-state index contributed by atoms with van der Waals surface area (Å²) in [5.74, 6) is 0.928. The van der Waals surface area contributed by atoms with Crippen LogP contribution in [0, 0.1) is 0 Å². The molecule has 1 atom stereocenters. The summed E-state index contributed by atoms with van der Waals surface area (Å²) in [4.78, 5) is 7.42. The van der Waals surface area contributed by atoms with Crippen molar-refractivity contribution < 1.29 is 9.47 Å². The minimum absolute atomic E-state index is 0.00749. The zero-order valence-corrected chi connectivity index (χ0v) is 19.1. The summed E-state index contributed by atoms with van der Waals surface area (Å²) in [5.41, 5.74) is 2.17. The molecule has 1 N–H and O–H groups in total.